The fourth-order valence-electron chi connectivity index (χ4n) is 2.99. The van der Waals surface area contributed by atoms with Gasteiger partial charge in [0, 0.05) is 16.1 Å². The van der Waals surface area contributed by atoms with Crippen molar-refractivity contribution in [2.75, 3.05) is 6.79 Å². The highest BCUT2D eigenvalue weighted by molar-refractivity contribution is 9.10. The number of fused-ring (bicyclic) bond motifs is 2. The second-order valence-corrected chi connectivity index (χ2v) is 7.01. The third kappa shape index (κ3) is 2.78. The number of nitrogens with one attached hydrogen (secondary N) is 1. The number of benzene rings is 2. The van der Waals surface area contributed by atoms with E-state index < -0.39 is 11.2 Å². The number of H-pyrrole nitrogens is 1. The molecule has 1 aliphatic heterocycles. The Hall–Kier alpha value is -3.40. The van der Waals surface area contributed by atoms with E-state index in [1.54, 1.807) is 12.1 Å². The van der Waals surface area contributed by atoms with Gasteiger partial charge >= 0.3 is 5.69 Å². The lowest BCUT2D eigenvalue weighted by Gasteiger charge is -2.05. The molecular weight excluding hydrogens is 432 g/mol. The summed E-state index contributed by atoms with van der Waals surface area (Å²) in [5, 5.41) is 4.22. The van der Waals surface area contributed by atoms with Gasteiger partial charge in [-0.3, -0.25) is 9.36 Å². The zero-order valence-electron chi connectivity index (χ0n) is 14.1. The van der Waals surface area contributed by atoms with Crippen molar-refractivity contribution in [2.45, 2.75) is 6.54 Å². The largest absolute Gasteiger partial charge is 0.454 e. The summed E-state index contributed by atoms with van der Waals surface area (Å²) in [6, 6.07) is 10.5. The van der Waals surface area contributed by atoms with Crippen LogP contribution in [0.2, 0.25) is 0 Å². The van der Waals surface area contributed by atoms with Crippen molar-refractivity contribution >= 4 is 26.8 Å². The first kappa shape index (κ1) is 16.8. The van der Waals surface area contributed by atoms with Crippen molar-refractivity contribution in [2.24, 2.45) is 0 Å². The van der Waals surface area contributed by atoms with Crippen LogP contribution >= 0.6 is 15.9 Å². The maximum absolute atomic E-state index is 12.8. The molecule has 2 aromatic carbocycles. The van der Waals surface area contributed by atoms with E-state index >= 15 is 0 Å². The topological polar surface area (TPSA) is 112 Å². The van der Waals surface area contributed by atoms with Crippen molar-refractivity contribution in [3.8, 4) is 22.9 Å². The number of hydrogen-bond acceptors (Lipinski definition) is 7. The van der Waals surface area contributed by atoms with Crippen LogP contribution in [0.3, 0.4) is 0 Å². The number of hydrogen-bond donors (Lipinski definition) is 1. The highest BCUT2D eigenvalue weighted by Gasteiger charge is 2.19. The van der Waals surface area contributed by atoms with Crippen LogP contribution in [0, 0.1) is 0 Å². The van der Waals surface area contributed by atoms with Crippen LogP contribution in [0.5, 0.6) is 11.5 Å². The molecule has 9 nitrogen and oxygen atoms in total. The molecule has 140 valence electrons. The van der Waals surface area contributed by atoms with E-state index in [1.807, 2.05) is 24.3 Å². The number of ether oxygens (including phenoxy) is 2. The van der Waals surface area contributed by atoms with Gasteiger partial charge in [-0.25, -0.2) is 4.79 Å². The standard InChI is InChI=1S/C18H11BrN4O5/c19-10-3-1-2-9(4-10)16-21-15(28-22-16)7-23-17(24)11-5-13-14(27-8-26-13)6-12(11)20-18(23)25/h1-6H,7-8H2,(H,20,25). The average Bonchev–Trinajstić information content (AvgIpc) is 3.33. The molecule has 0 radical (unpaired) electrons. The normalized spacial score (nSPS) is 12.6. The molecular formula is C18H11BrN4O5. The molecule has 0 fully saturated rings. The van der Waals surface area contributed by atoms with E-state index in [9.17, 15) is 9.59 Å². The second-order valence-electron chi connectivity index (χ2n) is 6.09. The molecule has 28 heavy (non-hydrogen) atoms. The first-order chi connectivity index (χ1) is 13.6. The quantitative estimate of drug-likeness (QED) is 0.517. The summed E-state index contributed by atoms with van der Waals surface area (Å²) in [7, 11) is 0. The Bertz CT molecular complexity index is 1340. The van der Waals surface area contributed by atoms with Crippen molar-refractivity contribution in [1.82, 2.24) is 19.7 Å². The summed E-state index contributed by atoms with van der Waals surface area (Å²) in [6.07, 6.45) is 0. The Morgan fingerprint density at radius 1 is 1.14 bits per heavy atom. The van der Waals surface area contributed by atoms with Crippen LogP contribution < -0.4 is 20.7 Å². The molecule has 10 heteroatoms. The molecule has 0 atom stereocenters. The summed E-state index contributed by atoms with van der Waals surface area (Å²) in [4.78, 5) is 32.2. The Morgan fingerprint density at radius 3 is 2.79 bits per heavy atom. The molecule has 0 spiro atoms. The lowest BCUT2D eigenvalue weighted by atomic mass is 10.2. The predicted molar refractivity (Wildman–Crippen MR) is 101 cm³/mol. The molecule has 3 heterocycles. The number of rotatable bonds is 3. The SMILES string of the molecule is O=c1[nH]c2cc3c(cc2c(=O)n1Cc1nc(-c2cccc(Br)c2)no1)OCO3. The van der Waals surface area contributed by atoms with Gasteiger partial charge in [-0.15, -0.1) is 0 Å². The van der Waals surface area contributed by atoms with Crippen LogP contribution in [0.4, 0.5) is 0 Å². The van der Waals surface area contributed by atoms with Crippen molar-refractivity contribution in [3.63, 3.8) is 0 Å². The summed E-state index contributed by atoms with van der Waals surface area (Å²) in [6.45, 7) is -0.0794. The maximum Gasteiger partial charge on any atom is 0.329 e. The Morgan fingerprint density at radius 2 is 1.96 bits per heavy atom. The molecule has 0 saturated heterocycles. The van der Waals surface area contributed by atoms with E-state index in [2.05, 4.69) is 31.1 Å². The van der Waals surface area contributed by atoms with Gasteiger partial charge < -0.3 is 19.0 Å². The smallest absolute Gasteiger partial charge is 0.329 e. The molecule has 0 amide bonds. The Kier molecular flexibility index (Phi) is 3.79. The molecule has 5 rings (SSSR count). The Balaban J connectivity index is 1.55. The highest BCUT2D eigenvalue weighted by Crippen LogP contribution is 2.34. The van der Waals surface area contributed by atoms with E-state index in [0.29, 0.717) is 28.2 Å². The summed E-state index contributed by atoms with van der Waals surface area (Å²) >= 11 is 3.39. The van der Waals surface area contributed by atoms with E-state index in [4.69, 9.17) is 14.0 Å². The van der Waals surface area contributed by atoms with Gasteiger partial charge in [0.25, 0.3) is 5.56 Å². The van der Waals surface area contributed by atoms with E-state index in [-0.39, 0.29) is 19.2 Å². The summed E-state index contributed by atoms with van der Waals surface area (Å²) < 4.78 is 17.7. The van der Waals surface area contributed by atoms with Crippen molar-refractivity contribution in [3.05, 3.63) is 67.6 Å². The van der Waals surface area contributed by atoms with Gasteiger partial charge in [0.15, 0.2) is 11.5 Å². The maximum atomic E-state index is 12.8. The van der Waals surface area contributed by atoms with Crippen LogP contribution in [0.25, 0.3) is 22.3 Å². The minimum absolute atomic E-state index is 0.0738. The first-order valence-electron chi connectivity index (χ1n) is 8.23. The van der Waals surface area contributed by atoms with Gasteiger partial charge in [0.2, 0.25) is 18.5 Å². The van der Waals surface area contributed by atoms with Crippen LogP contribution in [-0.2, 0) is 6.54 Å². The fraction of sp³-hybridized carbons (Fsp3) is 0.111. The molecule has 0 unspecified atom stereocenters. The zero-order chi connectivity index (χ0) is 19.3. The average molecular weight is 443 g/mol. The third-order valence-electron chi connectivity index (χ3n) is 4.32. The molecule has 0 bridgehead atoms. The fourth-order valence-corrected chi connectivity index (χ4v) is 3.38. The molecule has 4 aromatic rings. The van der Waals surface area contributed by atoms with Crippen molar-refractivity contribution < 1.29 is 14.0 Å². The molecule has 1 aliphatic rings. The summed E-state index contributed by atoms with van der Waals surface area (Å²) in [5.74, 6) is 1.45. The number of nitrogens with zero attached hydrogens (tertiary/aromatic N) is 3. The van der Waals surface area contributed by atoms with Gasteiger partial charge in [-0.05, 0) is 18.2 Å². The number of aromatic amines is 1. The number of halogens is 1. The molecule has 2 aromatic heterocycles. The highest BCUT2D eigenvalue weighted by atomic mass is 79.9. The van der Waals surface area contributed by atoms with Crippen LogP contribution in [0.15, 0.2) is 55.0 Å². The van der Waals surface area contributed by atoms with Crippen LogP contribution in [0.1, 0.15) is 5.89 Å². The first-order valence-corrected chi connectivity index (χ1v) is 9.03. The Labute approximate surface area is 164 Å². The second kappa shape index (κ2) is 6.34. The van der Waals surface area contributed by atoms with Gasteiger partial charge in [0.1, 0.15) is 6.54 Å². The van der Waals surface area contributed by atoms with E-state index in [1.165, 1.54) is 0 Å². The molecule has 0 saturated carbocycles. The molecule has 1 N–H and O–H groups in total. The predicted octanol–water partition coefficient (Wildman–Crippen LogP) is 2.28. The zero-order valence-corrected chi connectivity index (χ0v) is 15.7. The monoisotopic (exact) mass is 442 g/mol. The van der Waals surface area contributed by atoms with Crippen molar-refractivity contribution in [1.29, 1.82) is 0 Å². The minimum atomic E-state index is -0.585. The van der Waals surface area contributed by atoms with E-state index in [0.717, 1.165) is 14.6 Å². The minimum Gasteiger partial charge on any atom is -0.454 e. The van der Waals surface area contributed by atoms with Gasteiger partial charge in [-0.1, -0.05) is 33.2 Å². The lowest BCUT2D eigenvalue weighted by Crippen LogP contribution is -2.35. The molecule has 0 aliphatic carbocycles. The number of aromatic nitrogens is 4. The van der Waals surface area contributed by atoms with Gasteiger partial charge in [-0.2, -0.15) is 4.98 Å². The van der Waals surface area contributed by atoms with Crippen LogP contribution in [-0.4, -0.2) is 26.5 Å². The lowest BCUT2D eigenvalue weighted by molar-refractivity contribution is 0.174. The summed E-state index contributed by atoms with van der Waals surface area (Å²) in [5.41, 5.74) is 0.0468. The third-order valence-corrected chi connectivity index (χ3v) is 4.81. The van der Waals surface area contributed by atoms with Gasteiger partial charge in [0.05, 0.1) is 10.9 Å².